The third kappa shape index (κ3) is 4.24. The lowest BCUT2D eigenvalue weighted by atomic mass is 9.99. The lowest BCUT2D eigenvalue weighted by Crippen LogP contribution is -2.40. The maximum atomic E-state index is 13.2. The van der Waals surface area contributed by atoms with Crippen LogP contribution in [0.25, 0.3) is 11.3 Å². The monoisotopic (exact) mass is 409 g/mol. The fraction of sp³-hybridized carbons (Fsp3) is 0.318. The van der Waals surface area contributed by atoms with Crippen molar-refractivity contribution in [3.8, 4) is 17.0 Å². The van der Waals surface area contributed by atoms with E-state index in [-0.39, 0.29) is 23.9 Å². The van der Waals surface area contributed by atoms with Crippen LogP contribution in [-0.4, -0.2) is 34.4 Å². The Morgan fingerprint density at radius 3 is 2.97 bits per heavy atom. The second kappa shape index (κ2) is 8.61. The van der Waals surface area contributed by atoms with Crippen molar-refractivity contribution < 1.29 is 9.53 Å². The number of carbonyl (C=O) groups excluding carboxylic acids is 1. The molecule has 1 fully saturated rings. The van der Waals surface area contributed by atoms with Gasteiger partial charge in [-0.15, -0.1) is 0 Å². The average Bonchev–Trinajstić information content (AvgIpc) is 3.29. The Labute approximate surface area is 173 Å². The van der Waals surface area contributed by atoms with Gasteiger partial charge in [0, 0.05) is 29.1 Å². The minimum absolute atomic E-state index is 0.0165. The number of hydrogen-bond donors (Lipinski definition) is 1. The number of likely N-dealkylation sites (tertiary alicyclic amines) is 1. The molecule has 7 heteroatoms. The van der Waals surface area contributed by atoms with Gasteiger partial charge < -0.3 is 14.6 Å². The van der Waals surface area contributed by atoms with E-state index in [4.69, 9.17) is 9.72 Å². The number of aromatic amines is 1. The number of methoxy groups -OCH3 is 1. The second-order valence-electron chi connectivity index (χ2n) is 7.12. The first-order valence-corrected chi connectivity index (χ1v) is 10.6. The van der Waals surface area contributed by atoms with Crippen molar-refractivity contribution in [1.82, 2.24) is 14.9 Å². The summed E-state index contributed by atoms with van der Waals surface area (Å²) in [6.45, 7) is 0.658. The molecule has 0 aliphatic carbocycles. The van der Waals surface area contributed by atoms with E-state index >= 15 is 0 Å². The molecule has 2 aromatic heterocycles. The van der Waals surface area contributed by atoms with Crippen LogP contribution in [0.4, 0.5) is 0 Å². The molecule has 0 saturated carbocycles. The van der Waals surface area contributed by atoms with Gasteiger partial charge in [-0.25, -0.2) is 4.98 Å². The highest BCUT2D eigenvalue weighted by atomic mass is 32.1. The summed E-state index contributed by atoms with van der Waals surface area (Å²) in [6.07, 6.45) is 2.99. The van der Waals surface area contributed by atoms with Crippen molar-refractivity contribution in [2.75, 3.05) is 13.7 Å². The topological polar surface area (TPSA) is 75.3 Å². The Morgan fingerprint density at radius 1 is 1.31 bits per heavy atom. The number of piperidine rings is 1. The molecule has 3 aromatic rings. The molecule has 1 amide bonds. The third-order valence-corrected chi connectivity index (χ3v) is 5.93. The van der Waals surface area contributed by atoms with Crippen molar-refractivity contribution in [2.24, 2.45) is 0 Å². The largest absolute Gasteiger partial charge is 0.496 e. The number of H-pyrrole nitrogens is 1. The molecular weight excluding hydrogens is 386 g/mol. The molecule has 6 nitrogen and oxygen atoms in total. The van der Waals surface area contributed by atoms with Crippen LogP contribution >= 0.6 is 11.3 Å². The van der Waals surface area contributed by atoms with Gasteiger partial charge in [-0.1, -0.05) is 18.2 Å². The Hall–Kier alpha value is -2.93. The molecule has 1 saturated heterocycles. The van der Waals surface area contributed by atoms with E-state index in [9.17, 15) is 9.59 Å². The van der Waals surface area contributed by atoms with Crippen molar-refractivity contribution in [1.29, 1.82) is 0 Å². The molecular formula is C22H23N3O3S. The molecule has 1 atom stereocenters. The van der Waals surface area contributed by atoms with Crippen molar-refractivity contribution in [3.63, 3.8) is 0 Å². The lowest BCUT2D eigenvalue weighted by Gasteiger charge is -2.35. The number of ether oxygens (including phenoxy) is 1. The summed E-state index contributed by atoms with van der Waals surface area (Å²) in [5, 5.41) is 3.93. The summed E-state index contributed by atoms with van der Waals surface area (Å²) < 4.78 is 5.39. The number of nitrogens with one attached hydrogen (secondary N) is 1. The molecule has 0 unspecified atom stereocenters. The number of para-hydroxylation sites is 1. The fourth-order valence-electron chi connectivity index (χ4n) is 3.82. The zero-order valence-electron chi connectivity index (χ0n) is 16.3. The molecule has 29 heavy (non-hydrogen) atoms. The molecule has 1 aromatic carbocycles. The quantitative estimate of drug-likeness (QED) is 0.695. The van der Waals surface area contributed by atoms with Crippen LogP contribution < -0.4 is 10.3 Å². The highest BCUT2D eigenvalue weighted by Crippen LogP contribution is 2.31. The van der Waals surface area contributed by atoms with E-state index < -0.39 is 0 Å². The predicted octanol–water partition coefficient (Wildman–Crippen LogP) is 3.80. The van der Waals surface area contributed by atoms with Gasteiger partial charge in [0.05, 0.1) is 25.3 Å². The van der Waals surface area contributed by atoms with Crippen molar-refractivity contribution in [2.45, 2.75) is 31.7 Å². The van der Waals surface area contributed by atoms with Crippen LogP contribution in [0.2, 0.25) is 0 Å². The normalized spacial score (nSPS) is 16.6. The standard InChI is InChI=1S/C22H23N3O3S/c1-28-19-8-3-2-6-15(19)12-21(27)25-10-5-4-7-18(25)22-23-17(13-20(26)24-22)16-9-11-29-14-16/h2-3,6,8-9,11,13-14,18H,4-5,7,10,12H2,1H3,(H,23,24,26)/t18-/m1/s1. The van der Waals surface area contributed by atoms with E-state index in [1.165, 1.54) is 6.07 Å². The average molecular weight is 410 g/mol. The number of aromatic nitrogens is 2. The maximum Gasteiger partial charge on any atom is 0.251 e. The first-order chi connectivity index (χ1) is 14.2. The van der Waals surface area contributed by atoms with Crippen LogP contribution in [0.5, 0.6) is 5.75 Å². The Kier molecular flexibility index (Phi) is 5.76. The molecule has 1 aliphatic heterocycles. The van der Waals surface area contributed by atoms with Crippen LogP contribution in [0.3, 0.4) is 0 Å². The number of hydrogen-bond acceptors (Lipinski definition) is 5. The number of amides is 1. The Balaban J connectivity index is 1.63. The second-order valence-corrected chi connectivity index (χ2v) is 7.90. The summed E-state index contributed by atoms with van der Waals surface area (Å²) in [6, 6.07) is 10.8. The molecule has 0 bridgehead atoms. The smallest absolute Gasteiger partial charge is 0.251 e. The minimum atomic E-state index is -0.225. The molecule has 150 valence electrons. The van der Waals surface area contributed by atoms with E-state index in [0.29, 0.717) is 23.8 Å². The van der Waals surface area contributed by atoms with Crippen molar-refractivity contribution >= 4 is 17.2 Å². The Bertz CT molecular complexity index is 1050. The lowest BCUT2D eigenvalue weighted by molar-refractivity contribution is -0.134. The SMILES string of the molecule is COc1ccccc1CC(=O)N1CCCC[C@@H]1c1nc(-c2ccsc2)cc(=O)[nH]1. The fourth-order valence-corrected chi connectivity index (χ4v) is 4.47. The molecule has 3 heterocycles. The van der Waals surface area contributed by atoms with Crippen LogP contribution in [0, 0.1) is 0 Å². The van der Waals surface area contributed by atoms with Gasteiger partial charge >= 0.3 is 0 Å². The summed E-state index contributed by atoms with van der Waals surface area (Å²) in [5.74, 6) is 1.29. The zero-order chi connectivity index (χ0) is 20.2. The van der Waals surface area contributed by atoms with Gasteiger partial charge in [0.2, 0.25) is 5.91 Å². The predicted molar refractivity (Wildman–Crippen MR) is 113 cm³/mol. The van der Waals surface area contributed by atoms with Crippen LogP contribution in [0.1, 0.15) is 36.7 Å². The number of nitrogens with zero attached hydrogens (tertiary/aromatic N) is 2. The van der Waals surface area contributed by atoms with Gasteiger partial charge in [-0.2, -0.15) is 11.3 Å². The van der Waals surface area contributed by atoms with Gasteiger partial charge in [0.1, 0.15) is 11.6 Å². The molecule has 0 spiro atoms. The first kappa shape index (κ1) is 19.4. The minimum Gasteiger partial charge on any atom is -0.496 e. The summed E-state index contributed by atoms with van der Waals surface area (Å²) in [7, 11) is 1.61. The Morgan fingerprint density at radius 2 is 2.17 bits per heavy atom. The zero-order valence-corrected chi connectivity index (χ0v) is 17.1. The van der Waals surface area contributed by atoms with Gasteiger partial charge in [0.15, 0.2) is 0 Å². The van der Waals surface area contributed by atoms with E-state index in [1.807, 2.05) is 46.0 Å². The molecule has 1 N–H and O–H groups in total. The molecule has 0 radical (unpaired) electrons. The summed E-state index contributed by atoms with van der Waals surface area (Å²) in [4.78, 5) is 34.9. The van der Waals surface area contributed by atoms with E-state index in [0.717, 1.165) is 30.4 Å². The van der Waals surface area contributed by atoms with E-state index in [1.54, 1.807) is 18.4 Å². The van der Waals surface area contributed by atoms with Gasteiger partial charge in [-0.05, 0) is 36.8 Å². The first-order valence-electron chi connectivity index (χ1n) is 9.71. The number of thiophene rings is 1. The highest BCUT2D eigenvalue weighted by molar-refractivity contribution is 7.08. The van der Waals surface area contributed by atoms with E-state index in [2.05, 4.69) is 4.98 Å². The summed E-state index contributed by atoms with van der Waals surface area (Å²) in [5.41, 5.74) is 2.23. The highest BCUT2D eigenvalue weighted by Gasteiger charge is 2.30. The van der Waals surface area contributed by atoms with Gasteiger partial charge in [0.25, 0.3) is 5.56 Å². The van der Waals surface area contributed by atoms with Crippen molar-refractivity contribution in [3.05, 3.63) is 68.9 Å². The number of benzene rings is 1. The van der Waals surface area contributed by atoms with Crippen LogP contribution in [0.15, 0.2) is 52.0 Å². The molecule has 4 rings (SSSR count). The number of rotatable bonds is 5. The van der Waals surface area contributed by atoms with Crippen LogP contribution in [-0.2, 0) is 11.2 Å². The summed E-state index contributed by atoms with van der Waals surface area (Å²) >= 11 is 1.56. The maximum absolute atomic E-state index is 13.2. The van der Waals surface area contributed by atoms with Gasteiger partial charge in [-0.3, -0.25) is 9.59 Å². The third-order valence-electron chi connectivity index (χ3n) is 5.25. The molecule has 1 aliphatic rings. The number of carbonyl (C=O) groups is 1.